The molecule has 0 aromatic heterocycles. The number of urea groups is 1. The van der Waals surface area contributed by atoms with E-state index in [0.717, 1.165) is 12.1 Å². The predicted molar refractivity (Wildman–Crippen MR) is 59.6 cm³/mol. The maximum atomic E-state index is 13.1. The highest BCUT2D eigenvalue weighted by Gasteiger charge is 2.38. The fraction of sp³-hybridized carbons (Fsp3) is 0.300. The molecule has 0 saturated carbocycles. The van der Waals surface area contributed by atoms with Crippen molar-refractivity contribution in [3.8, 4) is 0 Å². The first-order chi connectivity index (χ1) is 7.84. The largest absolute Gasteiger partial charge is 0.336 e. The molecule has 17 heavy (non-hydrogen) atoms. The Kier molecular flexibility index (Phi) is 2.57. The summed E-state index contributed by atoms with van der Waals surface area (Å²) in [6, 6.07) is 1.98. The van der Waals surface area contributed by atoms with Crippen molar-refractivity contribution in [1.82, 2.24) is 4.31 Å². The highest BCUT2D eigenvalue weighted by atomic mass is 32.2. The molecule has 5 nitrogen and oxygen atoms in total. The van der Waals surface area contributed by atoms with Crippen LogP contribution in [0.15, 0.2) is 23.1 Å². The molecule has 1 N–H and O–H groups in total. The summed E-state index contributed by atoms with van der Waals surface area (Å²) in [6.45, 7) is 3.14. The lowest BCUT2D eigenvalue weighted by molar-refractivity contribution is 0.228. The minimum Gasteiger partial charge on any atom is -0.306 e. The zero-order chi connectivity index (χ0) is 12.8. The summed E-state index contributed by atoms with van der Waals surface area (Å²) in [5.41, 5.74) is 0.105. The molecule has 0 atom stereocenters. The molecule has 7 heteroatoms. The van der Waals surface area contributed by atoms with E-state index in [2.05, 4.69) is 5.32 Å². The van der Waals surface area contributed by atoms with E-state index in [-0.39, 0.29) is 10.6 Å². The maximum absolute atomic E-state index is 13.1. The number of carbonyl (C=O) groups is 1. The first-order valence-corrected chi connectivity index (χ1v) is 6.43. The summed E-state index contributed by atoms with van der Waals surface area (Å²) >= 11 is 0. The molecule has 2 amide bonds. The third-order valence-corrected chi connectivity index (χ3v) is 4.39. The van der Waals surface area contributed by atoms with Gasteiger partial charge in [-0.05, 0) is 32.0 Å². The van der Waals surface area contributed by atoms with Gasteiger partial charge in [-0.1, -0.05) is 0 Å². The van der Waals surface area contributed by atoms with Crippen LogP contribution in [0.1, 0.15) is 13.8 Å². The van der Waals surface area contributed by atoms with Crippen LogP contribution in [0.25, 0.3) is 0 Å². The fourth-order valence-corrected chi connectivity index (χ4v) is 3.40. The van der Waals surface area contributed by atoms with Gasteiger partial charge in [0.1, 0.15) is 10.7 Å². The summed E-state index contributed by atoms with van der Waals surface area (Å²) < 4.78 is 38.0. The zero-order valence-corrected chi connectivity index (χ0v) is 10.1. The van der Waals surface area contributed by atoms with Crippen molar-refractivity contribution in [3.63, 3.8) is 0 Å². The fourth-order valence-electron chi connectivity index (χ4n) is 1.71. The van der Waals surface area contributed by atoms with Crippen LogP contribution in [0.2, 0.25) is 0 Å². The number of carbonyl (C=O) groups excluding carboxylic acids is 1. The van der Waals surface area contributed by atoms with Crippen LogP contribution in [0, 0.1) is 5.82 Å². The number of halogens is 1. The highest BCUT2D eigenvalue weighted by Crippen LogP contribution is 2.31. The molecule has 0 unspecified atom stereocenters. The van der Waals surface area contributed by atoms with Gasteiger partial charge in [-0.25, -0.2) is 21.9 Å². The Hall–Kier alpha value is -1.63. The van der Waals surface area contributed by atoms with E-state index in [1.807, 2.05) is 0 Å². The minimum atomic E-state index is -3.97. The zero-order valence-electron chi connectivity index (χ0n) is 9.27. The van der Waals surface area contributed by atoms with Gasteiger partial charge in [0.25, 0.3) is 10.0 Å². The van der Waals surface area contributed by atoms with Gasteiger partial charge in [-0.2, -0.15) is 0 Å². The third-order valence-electron chi connectivity index (χ3n) is 2.39. The van der Waals surface area contributed by atoms with Crippen molar-refractivity contribution in [2.45, 2.75) is 24.8 Å². The van der Waals surface area contributed by atoms with Crippen LogP contribution in [-0.2, 0) is 10.0 Å². The molecule has 1 aliphatic heterocycles. The second-order valence-electron chi connectivity index (χ2n) is 3.97. The molecule has 0 bridgehead atoms. The SMILES string of the molecule is CC(C)N1C(=O)Nc2ccc(F)cc2S1(=O)=O. The van der Waals surface area contributed by atoms with Crippen molar-refractivity contribution in [2.24, 2.45) is 0 Å². The minimum absolute atomic E-state index is 0.105. The number of benzene rings is 1. The van der Waals surface area contributed by atoms with Crippen molar-refractivity contribution < 1.29 is 17.6 Å². The lowest BCUT2D eigenvalue weighted by Gasteiger charge is -2.31. The third kappa shape index (κ3) is 1.76. The molecule has 0 spiro atoms. The molecule has 0 aliphatic carbocycles. The van der Waals surface area contributed by atoms with Gasteiger partial charge >= 0.3 is 6.03 Å². The maximum Gasteiger partial charge on any atom is 0.336 e. The van der Waals surface area contributed by atoms with Gasteiger partial charge in [-0.15, -0.1) is 0 Å². The Morgan fingerprint density at radius 2 is 2.00 bits per heavy atom. The van der Waals surface area contributed by atoms with E-state index in [1.54, 1.807) is 13.8 Å². The number of fused-ring (bicyclic) bond motifs is 1. The number of nitrogens with zero attached hydrogens (tertiary/aromatic N) is 1. The lowest BCUT2D eigenvalue weighted by Crippen LogP contribution is -2.47. The Balaban J connectivity index is 2.68. The molecule has 1 aromatic carbocycles. The van der Waals surface area contributed by atoms with Crippen molar-refractivity contribution >= 4 is 21.7 Å². The van der Waals surface area contributed by atoms with E-state index >= 15 is 0 Å². The average Bonchev–Trinajstić information content (AvgIpc) is 2.18. The van der Waals surface area contributed by atoms with E-state index in [4.69, 9.17) is 0 Å². The number of sulfonamides is 1. The van der Waals surface area contributed by atoms with Gasteiger partial charge in [-0.3, -0.25) is 0 Å². The van der Waals surface area contributed by atoms with Crippen LogP contribution in [0.3, 0.4) is 0 Å². The van der Waals surface area contributed by atoms with Gasteiger partial charge in [0.15, 0.2) is 0 Å². The smallest absolute Gasteiger partial charge is 0.306 e. The molecule has 2 rings (SSSR count). The van der Waals surface area contributed by atoms with Gasteiger partial charge < -0.3 is 5.32 Å². The van der Waals surface area contributed by atoms with E-state index in [1.165, 1.54) is 6.07 Å². The Morgan fingerprint density at radius 3 is 2.59 bits per heavy atom. The molecule has 1 aliphatic rings. The van der Waals surface area contributed by atoms with Crippen LogP contribution in [-0.4, -0.2) is 24.8 Å². The number of anilines is 1. The summed E-state index contributed by atoms with van der Waals surface area (Å²) in [7, 11) is -3.97. The average molecular weight is 258 g/mol. The summed E-state index contributed by atoms with van der Waals surface area (Å²) in [4.78, 5) is 11.4. The van der Waals surface area contributed by atoms with Gasteiger partial charge in [0, 0.05) is 6.04 Å². The van der Waals surface area contributed by atoms with E-state index < -0.39 is 27.9 Å². The summed E-state index contributed by atoms with van der Waals surface area (Å²) in [5.74, 6) is -0.660. The van der Waals surface area contributed by atoms with Crippen molar-refractivity contribution in [2.75, 3.05) is 5.32 Å². The number of hydrogen-bond acceptors (Lipinski definition) is 3. The predicted octanol–water partition coefficient (Wildman–Crippen LogP) is 1.77. The molecule has 0 radical (unpaired) electrons. The Morgan fingerprint density at radius 1 is 1.35 bits per heavy atom. The normalized spacial score (nSPS) is 17.9. The van der Waals surface area contributed by atoms with E-state index in [0.29, 0.717) is 4.31 Å². The Labute approximate surface area is 98.3 Å². The van der Waals surface area contributed by atoms with Crippen LogP contribution in [0.5, 0.6) is 0 Å². The van der Waals surface area contributed by atoms with Crippen LogP contribution >= 0.6 is 0 Å². The van der Waals surface area contributed by atoms with E-state index in [9.17, 15) is 17.6 Å². The summed E-state index contributed by atoms with van der Waals surface area (Å²) in [6.07, 6.45) is 0. The molecule has 92 valence electrons. The quantitative estimate of drug-likeness (QED) is 0.834. The molecule has 1 aromatic rings. The first-order valence-electron chi connectivity index (χ1n) is 4.99. The van der Waals surface area contributed by atoms with Crippen molar-refractivity contribution in [1.29, 1.82) is 0 Å². The topological polar surface area (TPSA) is 66.5 Å². The standard InChI is InChI=1S/C10H11FN2O3S/c1-6(2)13-10(14)12-8-4-3-7(11)5-9(8)17(13,15)16/h3-6H,1-2H3,(H,12,14). The lowest BCUT2D eigenvalue weighted by atomic mass is 10.3. The number of hydrogen-bond donors (Lipinski definition) is 1. The second kappa shape index (κ2) is 3.69. The van der Waals surface area contributed by atoms with Gasteiger partial charge in [0.2, 0.25) is 0 Å². The summed E-state index contributed by atoms with van der Waals surface area (Å²) in [5, 5.41) is 2.42. The molecular weight excluding hydrogens is 247 g/mol. The number of amides is 2. The van der Waals surface area contributed by atoms with Gasteiger partial charge in [0.05, 0.1) is 5.69 Å². The monoisotopic (exact) mass is 258 g/mol. The second-order valence-corrected chi connectivity index (χ2v) is 5.75. The van der Waals surface area contributed by atoms with Crippen molar-refractivity contribution in [3.05, 3.63) is 24.0 Å². The van der Waals surface area contributed by atoms with Crippen LogP contribution < -0.4 is 5.32 Å². The molecule has 0 fully saturated rings. The Bertz CT molecular complexity index is 583. The first kappa shape index (κ1) is 11.8. The molecule has 1 heterocycles. The molecule has 0 saturated heterocycles. The number of nitrogens with one attached hydrogen (secondary N) is 1. The highest BCUT2D eigenvalue weighted by molar-refractivity contribution is 7.90. The number of rotatable bonds is 1. The molecular formula is C10H11FN2O3S. The van der Waals surface area contributed by atoms with Crippen LogP contribution in [0.4, 0.5) is 14.9 Å².